The van der Waals surface area contributed by atoms with Crippen molar-refractivity contribution in [1.82, 2.24) is 5.32 Å². The number of anilines is 3. The molecule has 0 spiro atoms. The number of nitrogens with zero attached hydrogens (tertiary/aromatic N) is 2. The summed E-state index contributed by atoms with van der Waals surface area (Å²) in [6.07, 6.45) is -0.973. The highest BCUT2D eigenvalue weighted by Gasteiger charge is 2.32. The van der Waals surface area contributed by atoms with Gasteiger partial charge in [0.1, 0.15) is 11.9 Å². The Labute approximate surface area is 190 Å². The normalized spacial score (nSPS) is 15.3. The SMILES string of the molecule is CC(=S)NC[C@H]1CN(c2ccc(Nc3cc(C(C)C)c(C#N)ccc3=O)c(F)c2)C(=O)O1. The summed E-state index contributed by atoms with van der Waals surface area (Å²) in [5.74, 6) is -0.640. The third-order valence-electron chi connectivity index (χ3n) is 5.01. The number of amides is 1. The van der Waals surface area contributed by atoms with Crippen LogP contribution in [0.3, 0.4) is 0 Å². The molecule has 2 aromatic rings. The van der Waals surface area contributed by atoms with Gasteiger partial charge in [0.2, 0.25) is 5.43 Å². The van der Waals surface area contributed by atoms with E-state index in [9.17, 15) is 19.2 Å². The van der Waals surface area contributed by atoms with E-state index < -0.39 is 18.0 Å². The number of benzene rings is 1. The zero-order valence-corrected chi connectivity index (χ0v) is 18.8. The van der Waals surface area contributed by atoms with Crippen molar-refractivity contribution in [2.75, 3.05) is 23.3 Å². The van der Waals surface area contributed by atoms with Crippen LogP contribution in [0, 0.1) is 17.1 Å². The van der Waals surface area contributed by atoms with Crippen LogP contribution < -0.4 is 21.0 Å². The fourth-order valence-corrected chi connectivity index (χ4v) is 3.42. The Morgan fingerprint density at radius 3 is 2.66 bits per heavy atom. The minimum Gasteiger partial charge on any atom is -0.442 e. The van der Waals surface area contributed by atoms with Gasteiger partial charge < -0.3 is 15.4 Å². The lowest BCUT2D eigenvalue weighted by Gasteiger charge is -2.15. The predicted octanol–water partition coefficient (Wildman–Crippen LogP) is 4.19. The Kier molecular flexibility index (Phi) is 7.05. The van der Waals surface area contributed by atoms with Crippen LogP contribution in [-0.4, -0.2) is 30.3 Å². The van der Waals surface area contributed by atoms with Crippen LogP contribution in [0.4, 0.5) is 26.2 Å². The van der Waals surface area contributed by atoms with Crippen LogP contribution in [0.1, 0.15) is 37.8 Å². The molecule has 1 aliphatic heterocycles. The minimum absolute atomic E-state index is 0.00472. The molecular weight excluding hydrogens is 431 g/mol. The molecule has 1 heterocycles. The lowest BCUT2D eigenvalue weighted by atomic mass is 10.0. The molecule has 166 valence electrons. The average molecular weight is 455 g/mol. The third-order valence-corrected chi connectivity index (χ3v) is 5.15. The van der Waals surface area contributed by atoms with Crippen LogP contribution in [-0.2, 0) is 4.74 Å². The maximum absolute atomic E-state index is 14.9. The van der Waals surface area contributed by atoms with Crippen molar-refractivity contribution in [3.05, 3.63) is 63.6 Å². The van der Waals surface area contributed by atoms with Gasteiger partial charge in [0, 0.05) is 0 Å². The summed E-state index contributed by atoms with van der Waals surface area (Å²) in [4.78, 5) is 26.6. The second-order valence-electron chi connectivity index (χ2n) is 7.73. The van der Waals surface area contributed by atoms with Gasteiger partial charge in [-0.05, 0) is 54.8 Å². The summed E-state index contributed by atoms with van der Waals surface area (Å²) in [5, 5.41) is 15.1. The van der Waals surface area contributed by atoms with Gasteiger partial charge in [0.15, 0.2) is 0 Å². The topological polar surface area (TPSA) is 94.5 Å². The number of ether oxygens (including phenoxy) is 1. The second-order valence-corrected chi connectivity index (χ2v) is 8.35. The van der Waals surface area contributed by atoms with Crippen molar-refractivity contribution >= 4 is 40.4 Å². The van der Waals surface area contributed by atoms with E-state index in [1.807, 2.05) is 13.8 Å². The zero-order chi connectivity index (χ0) is 23.4. The highest BCUT2D eigenvalue weighted by Crippen LogP contribution is 2.28. The molecule has 2 aromatic carbocycles. The number of carbonyl (C=O) groups excluding carboxylic acids is 1. The summed E-state index contributed by atoms with van der Waals surface area (Å²) in [6, 6.07) is 10.7. The number of nitrogens with one attached hydrogen (secondary N) is 2. The van der Waals surface area contributed by atoms with Crippen molar-refractivity contribution < 1.29 is 13.9 Å². The van der Waals surface area contributed by atoms with Crippen LogP contribution in [0.2, 0.25) is 0 Å². The Balaban J connectivity index is 1.84. The second kappa shape index (κ2) is 9.75. The first-order chi connectivity index (χ1) is 15.2. The van der Waals surface area contributed by atoms with Crippen molar-refractivity contribution in [2.24, 2.45) is 0 Å². The number of nitriles is 1. The summed E-state index contributed by atoms with van der Waals surface area (Å²) >= 11 is 4.96. The summed E-state index contributed by atoms with van der Waals surface area (Å²) < 4.78 is 20.2. The third kappa shape index (κ3) is 5.21. The van der Waals surface area contributed by atoms with Crippen molar-refractivity contribution in [3.63, 3.8) is 0 Å². The molecule has 32 heavy (non-hydrogen) atoms. The van der Waals surface area contributed by atoms with E-state index in [-0.39, 0.29) is 29.3 Å². The van der Waals surface area contributed by atoms with Crippen molar-refractivity contribution in [1.29, 1.82) is 5.26 Å². The van der Waals surface area contributed by atoms with Gasteiger partial charge in [-0.2, -0.15) is 5.26 Å². The molecule has 3 rings (SSSR count). The number of thiocarbonyl (C=S) groups is 1. The fourth-order valence-electron chi connectivity index (χ4n) is 3.34. The Morgan fingerprint density at radius 2 is 2.03 bits per heavy atom. The fraction of sp³-hybridized carbons (Fsp3) is 0.304. The molecule has 0 aromatic heterocycles. The first kappa shape index (κ1) is 23.2. The highest BCUT2D eigenvalue weighted by molar-refractivity contribution is 7.80. The summed E-state index contributed by atoms with van der Waals surface area (Å²) in [5.41, 5.74) is 1.28. The first-order valence-corrected chi connectivity index (χ1v) is 10.5. The smallest absolute Gasteiger partial charge is 0.414 e. The van der Waals surface area contributed by atoms with Crippen LogP contribution in [0.25, 0.3) is 0 Å². The van der Waals surface area contributed by atoms with Crippen LogP contribution >= 0.6 is 12.2 Å². The average Bonchev–Trinajstić information content (AvgIpc) is 3.03. The largest absolute Gasteiger partial charge is 0.442 e. The lowest BCUT2D eigenvalue weighted by Crippen LogP contribution is -2.32. The molecular formula is C23H23FN4O3S. The van der Waals surface area contributed by atoms with E-state index in [0.29, 0.717) is 28.3 Å². The molecule has 1 saturated heterocycles. The molecule has 0 saturated carbocycles. The molecule has 0 bridgehead atoms. The summed E-state index contributed by atoms with van der Waals surface area (Å²) in [7, 11) is 0. The molecule has 1 aliphatic rings. The predicted molar refractivity (Wildman–Crippen MR) is 125 cm³/mol. The van der Waals surface area contributed by atoms with Crippen LogP contribution in [0.5, 0.6) is 0 Å². The molecule has 2 N–H and O–H groups in total. The monoisotopic (exact) mass is 454 g/mol. The van der Waals surface area contributed by atoms with Gasteiger partial charge in [-0.1, -0.05) is 26.1 Å². The van der Waals surface area contributed by atoms with Gasteiger partial charge in [-0.3, -0.25) is 9.69 Å². The number of cyclic esters (lactones) is 1. The molecule has 0 unspecified atom stereocenters. The van der Waals surface area contributed by atoms with E-state index in [1.54, 1.807) is 19.1 Å². The van der Waals surface area contributed by atoms with E-state index in [4.69, 9.17) is 17.0 Å². The number of hydrogen-bond donors (Lipinski definition) is 2. The van der Waals surface area contributed by atoms with Gasteiger partial charge in [-0.15, -0.1) is 0 Å². The summed E-state index contributed by atoms with van der Waals surface area (Å²) in [6.45, 7) is 6.18. The Bertz CT molecular complexity index is 1160. The van der Waals surface area contributed by atoms with Gasteiger partial charge in [-0.25, -0.2) is 9.18 Å². The van der Waals surface area contributed by atoms with E-state index in [0.717, 1.165) is 0 Å². The van der Waals surface area contributed by atoms with E-state index in [1.165, 1.54) is 29.2 Å². The Morgan fingerprint density at radius 1 is 1.28 bits per heavy atom. The lowest BCUT2D eigenvalue weighted by molar-refractivity contribution is 0.143. The maximum Gasteiger partial charge on any atom is 0.414 e. The van der Waals surface area contributed by atoms with Crippen molar-refractivity contribution in [2.45, 2.75) is 32.8 Å². The molecule has 1 atom stereocenters. The standard InChI is InChI=1S/C23H23FN4O3S/c1-13(2)18-9-21(22(29)7-4-15(18)10-25)27-20-6-5-16(8-19(20)24)28-12-17(31-23(28)30)11-26-14(3)32/h4-9,13,17H,11-12H2,1-3H3,(H,26,32)(H,27,29)/t17-/m0/s1. The highest BCUT2D eigenvalue weighted by atomic mass is 32.1. The molecule has 7 nitrogen and oxygen atoms in total. The first-order valence-electron chi connectivity index (χ1n) is 10.1. The molecule has 1 amide bonds. The molecule has 0 aliphatic carbocycles. The number of hydrogen-bond acceptors (Lipinski definition) is 6. The minimum atomic E-state index is -0.635. The number of rotatable bonds is 6. The molecule has 1 fully saturated rings. The van der Waals surface area contributed by atoms with E-state index in [2.05, 4.69) is 16.7 Å². The molecule has 9 heteroatoms. The zero-order valence-electron chi connectivity index (χ0n) is 17.9. The molecule has 0 radical (unpaired) electrons. The number of halogens is 1. The van der Waals surface area contributed by atoms with Crippen molar-refractivity contribution in [3.8, 4) is 6.07 Å². The number of carbonyl (C=O) groups is 1. The van der Waals surface area contributed by atoms with Gasteiger partial charge >= 0.3 is 6.09 Å². The quantitative estimate of drug-likeness (QED) is 0.632. The maximum atomic E-state index is 14.9. The van der Waals surface area contributed by atoms with Gasteiger partial charge in [0.25, 0.3) is 0 Å². The Hall–Kier alpha value is -3.51. The van der Waals surface area contributed by atoms with Gasteiger partial charge in [0.05, 0.1) is 46.8 Å². The van der Waals surface area contributed by atoms with E-state index >= 15 is 0 Å². The van der Waals surface area contributed by atoms with Crippen LogP contribution in [0.15, 0.2) is 41.2 Å².